The Bertz CT molecular complexity index is 287. The Balaban J connectivity index is 2.85. The summed E-state index contributed by atoms with van der Waals surface area (Å²) >= 11 is 0. The van der Waals surface area contributed by atoms with Crippen molar-refractivity contribution in [3.63, 3.8) is 0 Å². The largest absolute Gasteiger partial charge is 0.455 e. The van der Waals surface area contributed by atoms with Crippen molar-refractivity contribution in [3.8, 4) is 0 Å². The number of rotatable bonds is 6. The molecule has 1 fully saturated rings. The minimum absolute atomic E-state index is 0.202. The van der Waals surface area contributed by atoms with E-state index >= 15 is 0 Å². The van der Waals surface area contributed by atoms with Crippen molar-refractivity contribution in [2.75, 3.05) is 0 Å². The fraction of sp³-hybridized carbons (Fsp3) is 0.812. The molecule has 0 bridgehead atoms. The van der Waals surface area contributed by atoms with Crippen LogP contribution in [0.1, 0.15) is 72.1 Å². The maximum Gasteiger partial charge on any atom is 0.333 e. The SMILES string of the molecule is C=C(C)C(=O)OC1(C(CC)CCC)CCCCC1. The molecule has 2 nitrogen and oxygen atoms in total. The normalized spacial score (nSPS) is 20.2. The Morgan fingerprint density at radius 2 is 1.89 bits per heavy atom. The standard InChI is InChI=1S/C16H28O2/c1-5-10-14(6-2)16(11-8-7-9-12-16)18-15(17)13(3)4/h14H,3,5-12H2,1-2,4H3. The Kier molecular flexibility index (Phi) is 5.90. The van der Waals surface area contributed by atoms with Gasteiger partial charge in [-0.25, -0.2) is 4.79 Å². The number of carbonyl (C=O) groups excluding carboxylic acids is 1. The van der Waals surface area contributed by atoms with Crippen LogP contribution in [0.4, 0.5) is 0 Å². The molecule has 0 aromatic heterocycles. The van der Waals surface area contributed by atoms with Gasteiger partial charge in [0.15, 0.2) is 0 Å². The van der Waals surface area contributed by atoms with Gasteiger partial charge in [-0.15, -0.1) is 0 Å². The number of hydrogen-bond donors (Lipinski definition) is 0. The zero-order valence-corrected chi connectivity index (χ0v) is 12.3. The van der Waals surface area contributed by atoms with E-state index in [0.717, 1.165) is 32.1 Å². The first-order chi connectivity index (χ1) is 8.55. The van der Waals surface area contributed by atoms with Crippen LogP contribution in [-0.4, -0.2) is 11.6 Å². The van der Waals surface area contributed by atoms with Crippen LogP contribution >= 0.6 is 0 Å². The zero-order chi connectivity index (χ0) is 13.6. The van der Waals surface area contributed by atoms with E-state index in [-0.39, 0.29) is 11.6 Å². The lowest BCUT2D eigenvalue weighted by Gasteiger charge is -2.43. The number of carbonyl (C=O) groups is 1. The Morgan fingerprint density at radius 3 is 2.33 bits per heavy atom. The number of hydrogen-bond acceptors (Lipinski definition) is 2. The highest BCUT2D eigenvalue weighted by Gasteiger charge is 2.41. The van der Waals surface area contributed by atoms with Crippen molar-refractivity contribution in [1.82, 2.24) is 0 Å². The minimum atomic E-state index is -0.209. The van der Waals surface area contributed by atoms with Crippen LogP contribution in [0, 0.1) is 5.92 Å². The van der Waals surface area contributed by atoms with E-state index in [9.17, 15) is 4.79 Å². The summed E-state index contributed by atoms with van der Waals surface area (Å²) in [6, 6.07) is 0. The highest BCUT2D eigenvalue weighted by atomic mass is 16.6. The molecule has 1 rings (SSSR count). The van der Waals surface area contributed by atoms with Crippen LogP contribution in [0.15, 0.2) is 12.2 Å². The van der Waals surface area contributed by atoms with Gasteiger partial charge in [-0.3, -0.25) is 0 Å². The Labute approximate surface area is 112 Å². The van der Waals surface area contributed by atoms with Gasteiger partial charge in [0.25, 0.3) is 0 Å². The second-order valence-corrected chi connectivity index (χ2v) is 5.69. The predicted molar refractivity (Wildman–Crippen MR) is 75.4 cm³/mol. The molecule has 1 aliphatic rings. The van der Waals surface area contributed by atoms with Crippen molar-refractivity contribution in [2.24, 2.45) is 5.92 Å². The Morgan fingerprint density at radius 1 is 1.28 bits per heavy atom. The molecule has 0 aliphatic heterocycles. The fourth-order valence-corrected chi connectivity index (χ4v) is 3.20. The van der Waals surface area contributed by atoms with Gasteiger partial charge in [0.1, 0.15) is 5.60 Å². The van der Waals surface area contributed by atoms with E-state index in [1.54, 1.807) is 6.92 Å². The van der Waals surface area contributed by atoms with Crippen LogP contribution < -0.4 is 0 Å². The lowest BCUT2D eigenvalue weighted by molar-refractivity contribution is -0.167. The first-order valence-electron chi connectivity index (χ1n) is 7.44. The molecule has 0 spiro atoms. The lowest BCUT2D eigenvalue weighted by atomic mass is 9.72. The van der Waals surface area contributed by atoms with E-state index < -0.39 is 0 Å². The highest BCUT2D eigenvalue weighted by molar-refractivity contribution is 5.87. The molecular weight excluding hydrogens is 224 g/mol. The molecule has 2 heteroatoms. The molecule has 1 atom stereocenters. The van der Waals surface area contributed by atoms with Crippen LogP contribution in [0.2, 0.25) is 0 Å². The Hall–Kier alpha value is -0.790. The van der Waals surface area contributed by atoms with Gasteiger partial charge < -0.3 is 4.74 Å². The number of esters is 1. The first-order valence-corrected chi connectivity index (χ1v) is 7.44. The summed E-state index contributed by atoms with van der Waals surface area (Å²) in [7, 11) is 0. The van der Waals surface area contributed by atoms with Gasteiger partial charge in [0.2, 0.25) is 0 Å². The molecule has 0 aromatic carbocycles. The van der Waals surface area contributed by atoms with Gasteiger partial charge in [-0.2, -0.15) is 0 Å². The van der Waals surface area contributed by atoms with Crippen molar-refractivity contribution < 1.29 is 9.53 Å². The molecule has 1 aliphatic carbocycles. The van der Waals surface area contributed by atoms with E-state index in [1.165, 1.54) is 19.3 Å². The second-order valence-electron chi connectivity index (χ2n) is 5.69. The van der Waals surface area contributed by atoms with Crippen LogP contribution in [0.3, 0.4) is 0 Å². The third kappa shape index (κ3) is 3.60. The fourth-order valence-electron chi connectivity index (χ4n) is 3.20. The van der Waals surface area contributed by atoms with E-state index in [4.69, 9.17) is 4.74 Å². The first kappa shape index (κ1) is 15.3. The topological polar surface area (TPSA) is 26.3 Å². The second kappa shape index (κ2) is 6.96. The summed E-state index contributed by atoms with van der Waals surface area (Å²) < 4.78 is 5.91. The molecule has 0 radical (unpaired) electrons. The molecule has 1 unspecified atom stereocenters. The number of ether oxygens (including phenoxy) is 1. The van der Waals surface area contributed by atoms with Gasteiger partial charge in [0.05, 0.1) is 0 Å². The molecule has 0 N–H and O–H groups in total. The van der Waals surface area contributed by atoms with Crippen molar-refractivity contribution in [2.45, 2.75) is 77.7 Å². The third-order valence-electron chi connectivity index (χ3n) is 4.22. The van der Waals surface area contributed by atoms with E-state index in [1.807, 2.05) is 0 Å². The molecule has 0 amide bonds. The van der Waals surface area contributed by atoms with Crippen molar-refractivity contribution in [3.05, 3.63) is 12.2 Å². The molecular formula is C16H28O2. The molecule has 0 saturated heterocycles. The molecule has 0 aromatic rings. The van der Waals surface area contributed by atoms with Crippen molar-refractivity contribution >= 4 is 5.97 Å². The van der Waals surface area contributed by atoms with Gasteiger partial charge >= 0.3 is 5.97 Å². The summed E-state index contributed by atoms with van der Waals surface area (Å²) in [5, 5.41) is 0. The molecule has 18 heavy (non-hydrogen) atoms. The molecule has 1 saturated carbocycles. The average Bonchev–Trinajstić information content (AvgIpc) is 2.36. The van der Waals surface area contributed by atoms with Crippen LogP contribution in [-0.2, 0) is 9.53 Å². The quantitative estimate of drug-likeness (QED) is 0.508. The molecule has 0 heterocycles. The van der Waals surface area contributed by atoms with Gasteiger partial charge in [0, 0.05) is 5.57 Å². The summed E-state index contributed by atoms with van der Waals surface area (Å²) in [4.78, 5) is 11.9. The minimum Gasteiger partial charge on any atom is -0.455 e. The molecule has 104 valence electrons. The summed E-state index contributed by atoms with van der Waals surface area (Å²) in [5.41, 5.74) is 0.310. The zero-order valence-electron chi connectivity index (χ0n) is 12.3. The predicted octanol–water partition coefficient (Wildman–Crippen LogP) is 4.63. The summed E-state index contributed by atoms with van der Waals surface area (Å²) in [6.07, 6.45) is 9.11. The van der Waals surface area contributed by atoms with E-state index in [0.29, 0.717) is 11.5 Å². The summed E-state index contributed by atoms with van der Waals surface area (Å²) in [5.74, 6) is 0.303. The van der Waals surface area contributed by atoms with Crippen LogP contribution in [0.5, 0.6) is 0 Å². The monoisotopic (exact) mass is 252 g/mol. The lowest BCUT2D eigenvalue weighted by Crippen LogP contribution is -2.44. The van der Waals surface area contributed by atoms with Crippen molar-refractivity contribution in [1.29, 1.82) is 0 Å². The maximum absolute atomic E-state index is 11.9. The third-order valence-corrected chi connectivity index (χ3v) is 4.22. The van der Waals surface area contributed by atoms with Gasteiger partial charge in [-0.1, -0.05) is 33.3 Å². The van der Waals surface area contributed by atoms with E-state index in [2.05, 4.69) is 20.4 Å². The highest BCUT2D eigenvalue weighted by Crippen LogP contribution is 2.41. The smallest absolute Gasteiger partial charge is 0.333 e. The average molecular weight is 252 g/mol. The van der Waals surface area contributed by atoms with Gasteiger partial charge in [-0.05, 0) is 51.4 Å². The summed E-state index contributed by atoms with van der Waals surface area (Å²) in [6.45, 7) is 9.87. The van der Waals surface area contributed by atoms with Crippen LogP contribution in [0.25, 0.3) is 0 Å². The maximum atomic E-state index is 11.9.